The van der Waals surface area contributed by atoms with Crippen LogP contribution >= 0.6 is 27.5 Å². The van der Waals surface area contributed by atoms with Crippen molar-refractivity contribution in [2.75, 3.05) is 18.0 Å². The minimum Gasteiger partial charge on any atom is -0.495 e. The van der Waals surface area contributed by atoms with Gasteiger partial charge >= 0.3 is 0 Å². The van der Waals surface area contributed by atoms with E-state index in [4.69, 9.17) is 16.3 Å². The first kappa shape index (κ1) is 30.5. The average molecular weight is 637 g/mol. The van der Waals surface area contributed by atoms with Gasteiger partial charge < -0.3 is 15.0 Å². The molecule has 0 bridgehead atoms. The molecule has 0 saturated carbocycles. The molecule has 8 nitrogen and oxygen atoms in total. The maximum absolute atomic E-state index is 13.9. The maximum atomic E-state index is 13.9. The molecule has 1 N–H and O–H groups in total. The first-order valence-corrected chi connectivity index (χ1v) is 14.8. The summed E-state index contributed by atoms with van der Waals surface area (Å²) in [6.07, 6.45) is 0. The van der Waals surface area contributed by atoms with E-state index in [1.165, 1.54) is 42.3 Å². The zero-order valence-electron chi connectivity index (χ0n) is 22.1. The van der Waals surface area contributed by atoms with Crippen LogP contribution in [0, 0.1) is 0 Å². The molecule has 2 amide bonds. The van der Waals surface area contributed by atoms with Gasteiger partial charge in [0.1, 0.15) is 18.3 Å². The van der Waals surface area contributed by atoms with E-state index in [-0.39, 0.29) is 34.1 Å². The molecule has 0 saturated heterocycles. The molecule has 11 heteroatoms. The Hall–Kier alpha value is -3.08. The monoisotopic (exact) mass is 635 g/mol. The van der Waals surface area contributed by atoms with Gasteiger partial charge in [-0.25, -0.2) is 8.42 Å². The minimum absolute atomic E-state index is 0.00822. The van der Waals surface area contributed by atoms with Gasteiger partial charge in [0, 0.05) is 17.1 Å². The molecule has 3 aromatic carbocycles. The van der Waals surface area contributed by atoms with Crippen LogP contribution in [-0.4, -0.2) is 50.9 Å². The van der Waals surface area contributed by atoms with E-state index in [9.17, 15) is 18.0 Å². The largest absolute Gasteiger partial charge is 0.495 e. The fraction of sp³-hybridized carbons (Fsp3) is 0.286. The fourth-order valence-electron chi connectivity index (χ4n) is 3.88. The summed E-state index contributed by atoms with van der Waals surface area (Å²) < 4.78 is 34.6. The molecule has 0 aromatic heterocycles. The van der Waals surface area contributed by atoms with Gasteiger partial charge in [-0.05, 0) is 68.8 Å². The SMILES string of the molecule is COc1ccc(N(CC(=O)N(Cc2cccc(Br)c2)C(C)C(=O)NC(C)C)S(=O)(=O)c2ccccc2)cc1Cl. The number of ether oxygens (including phenoxy) is 1. The number of nitrogens with zero attached hydrogens (tertiary/aromatic N) is 2. The molecule has 0 radical (unpaired) electrons. The third-order valence-electron chi connectivity index (χ3n) is 5.87. The molecule has 208 valence electrons. The van der Waals surface area contributed by atoms with Gasteiger partial charge in [0.05, 0.1) is 22.7 Å². The highest BCUT2D eigenvalue weighted by atomic mass is 79.9. The van der Waals surface area contributed by atoms with E-state index in [1.807, 2.05) is 38.1 Å². The first-order valence-electron chi connectivity index (χ1n) is 12.2. The summed E-state index contributed by atoms with van der Waals surface area (Å²) in [5.74, 6) is -0.551. The highest BCUT2D eigenvalue weighted by Crippen LogP contribution is 2.32. The summed E-state index contributed by atoms with van der Waals surface area (Å²) >= 11 is 9.77. The van der Waals surface area contributed by atoms with E-state index >= 15 is 0 Å². The number of halogens is 2. The van der Waals surface area contributed by atoms with E-state index in [1.54, 1.807) is 25.1 Å². The normalized spacial score (nSPS) is 12.1. The van der Waals surface area contributed by atoms with Crippen LogP contribution in [0.4, 0.5) is 5.69 Å². The molecule has 0 aliphatic rings. The smallest absolute Gasteiger partial charge is 0.264 e. The fourth-order valence-corrected chi connectivity index (χ4v) is 6.00. The van der Waals surface area contributed by atoms with Crippen molar-refractivity contribution >= 4 is 55.1 Å². The van der Waals surface area contributed by atoms with Gasteiger partial charge in [-0.3, -0.25) is 13.9 Å². The Kier molecular flexibility index (Phi) is 10.4. The van der Waals surface area contributed by atoms with Crippen molar-refractivity contribution in [1.29, 1.82) is 0 Å². The van der Waals surface area contributed by atoms with Crippen LogP contribution in [0.5, 0.6) is 5.75 Å². The zero-order chi connectivity index (χ0) is 28.7. The van der Waals surface area contributed by atoms with Crippen molar-refractivity contribution in [2.24, 2.45) is 0 Å². The molecule has 0 heterocycles. The minimum atomic E-state index is -4.19. The van der Waals surface area contributed by atoms with Crippen LogP contribution in [0.3, 0.4) is 0 Å². The summed E-state index contributed by atoms with van der Waals surface area (Å²) in [5, 5.41) is 3.02. The van der Waals surface area contributed by atoms with Gasteiger partial charge in [0.15, 0.2) is 0 Å². The number of methoxy groups -OCH3 is 1. The van der Waals surface area contributed by atoms with Crippen molar-refractivity contribution in [3.63, 3.8) is 0 Å². The van der Waals surface area contributed by atoms with Crippen LogP contribution in [0.25, 0.3) is 0 Å². The predicted octanol–water partition coefficient (Wildman–Crippen LogP) is 5.25. The highest BCUT2D eigenvalue weighted by Gasteiger charge is 2.33. The summed E-state index contributed by atoms with van der Waals surface area (Å²) in [6.45, 7) is 4.80. The van der Waals surface area contributed by atoms with Crippen molar-refractivity contribution in [3.05, 3.63) is 87.9 Å². The lowest BCUT2D eigenvalue weighted by atomic mass is 10.1. The number of amides is 2. The topological polar surface area (TPSA) is 96.0 Å². The van der Waals surface area contributed by atoms with Crippen LogP contribution in [0.15, 0.2) is 82.2 Å². The number of hydrogen-bond donors (Lipinski definition) is 1. The number of carbonyl (C=O) groups excluding carboxylic acids is 2. The van der Waals surface area contributed by atoms with Crippen molar-refractivity contribution in [1.82, 2.24) is 10.2 Å². The Morgan fingerprint density at radius 1 is 1.00 bits per heavy atom. The van der Waals surface area contributed by atoms with Crippen LogP contribution < -0.4 is 14.4 Å². The molecule has 1 atom stereocenters. The molecule has 3 rings (SSSR count). The molecule has 39 heavy (non-hydrogen) atoms. The number of nitrogens with one attached hydrogen (secondary N) is 1. The van der Waals surface area contributed by atoms with Gasteiger partial charge in [-0.2, -0.15) is 0 Å². The Labute approximate surface area is 243 Å². The molecule has 0 spiro atoms. The second kappa shape index (κ2) is 13.3. The standard InChI is InChI=1S/C28H31BrClN3O5S/c1-19(2)31-28(35)20(3)32(17-21-9-8-10-22(29)15-21)27(34)18-33(23-13-14-26(38-4)25(30)16-23)39(36,37)24-11-6-5-7-12-24/h5-16,19-20H,17-18H2,1-4H3,(H,31,35). The lowest BCUT2D eigenvalue weighted by Crippen LogP contribution is -2.52. The number of anilines is 1. The molecule has 3 aromatic rings. The number of benzene rings is 3. The van der Waals surface area contributed by atoms with E-state index in [2.05, 4.69) is 21.2 Å². The van der Waals surface area contributed by atoms with Gasteiger partial charge in [0.2, 0.25) is 11.8 Å². The van der Waals surface area contributed by atoms with E-state index < -0.39 is 28.5 Å². The Bertz CT molecular complexity index is 1420. The van der Waals surface area contributed by atoms with E-state index in [0.717, 1.165) is 14.3 Å². The third-order valence-corrected chi connectivity index (χ3v) is 8.45. The highest BCUT2D eigenvalue weighted by molar-refractivity contribution is 9.10. The summed E-state index contributed by atoms with van der Waals surface area (Å²) in [5.41, 5.74) is 0.951. The van der Waals surface area contributed by atoms with Crippen LogP contribution in [-0.2, 0) is 26.2 Å². The molecule has 0 fully saturated rings. The number of sulfonamides is 1. The zero-order valence-corrected chi connectivity index (χ0v) is 25.3. The first-order chi connectivity index (χ1) is 18.4. The van der Waals surface area contributed by atoms with Crippen molar-refractivity contribution < 1.29 is 22.7 Å². The molecule has 0 aliphatic heterocycles. The van der Waals surface area contributed by atoms with Gasteiger partial charge in [0.25, 0.3) is 10.0 Å². The Balaban J connectivity index is 2.06. The summed E-state index contributed by atoms with van der Waals surface area (Å²) in [4.78, 5) is 28.3. The lowest BCUT2D eigenvalue weighted by molar-refractivity contribution is -0.139. The van der Waals surface area contributed by atoms with Gasteiger partial charge in [-0.15, -0.1) is 0 Å². The molecular formula is C28H31BrClN3O5S. The molecular weight excluding hydrogens is 606 g/mol. The second-order valence-electron chi connectivity index (χ2n) is 9.13. The third kappa shape index (κ3) is 7.74. The lowest BCUT2D eigenvalue weighted by Gasteiger charge is -2.32. The van der Waals surface area contributed by atoms with Crippen molar-refractivity contribution in [2.45, 2.75) is 44.3 Å². The summed E-state index contributed by atoms with van der Waals surface area (Å²) in [6, 6.07) is 18.6. The number of carbonyl (C=O) groups is 2. The molecule has 1 unspecified atom stereocenters. The van der Waals surface area contributed by atoms with Crippen LogP contribution in [0.2, 0.25) is 5.02 Å². The van der Waals surface area contributed by atoms with Gasteiger partial charge in [-0.1, -0.05) is 57.9 Å². The number of rotatable bonds is 11. The van der Waals surface area contributed by atoms with E-state index in [0.29, 0.717) is 5.75 Å². The summed E-state index contributed by atoms with van der Waals surface area (Å²) in [7, 11) is -2.73. The quantitative estimate of drug-likeness (QED) is 0.310. The number of hydrogen-bond acceptors (Lipinski definition) is 5. The average Bonchev–Trinajstić information content (AvgIpc) is 2.90. The molecule has 0 aliphatic carbocycles. The predicted molar refractivity (Wildman–Crippen MR) is 156 cm³/mol. The Morgan fingerprint density at radius 3 is 2.28 bits per heavy atom. The van der Waals surface area contributed by atoms with Crippen molar-refractivity contribution in [3.8, 4) is 5.75 Å². The second-order valence-corrected chi connectivity index (χ2v) is 12.3. The van der Waals surface area contributed by atoms with Crippen LogP contribution in [0.1, 0.15) is 26.3 Å². The maximum Gasteiger partial charge on any atom is 0.264 e. The Morgan fingerprint density at radius 2 is 1.69 bits per heavy atom.